The summed E-state index contributed by atoms with van der Waals surface area (Å²) in [4.78, 5) is 21.6. The Morgan fingerprint density at radius 3 is 2.70 bits per heavy atom. The van der Waals surface area contributed by atoms with E-state index in [1.807, 2.05) is 43.1 Å². The number of benzene rings is 1. The van der Waals surface area contributed by atoms with Gasteiger partial charge < -0.3 is 25.2 Å². The second-order valence-electron chi connectivity index (χ2n) is 6.63. The van der Waals surface area contributed by atoms with Gasteiger partial charge in [0.25, 0.3) is 0 Å². The number of rotatable bonds is 8. The molecule has 0 saturated heterocycles. The van der Waals surface area contributed by atoms with Crippen molar-refractivity contribution in [1.29, 1.82) is 0 Å². The first kappa shape index (κ1) is 18.7. The standard InChI is InChI=1S/C19H24N6O2/c1-24(2)13-14-4-6-16(7-5-14)22-18-21-12-15-8-11-25(17(15)23-18)10-3-9-20-19(26)27/h4-8,11-12,20H,3,9-10,13H2,1-2H3,(H,26,27)(H,21,22,23). The molecule has 8 nitrogen and oxygen atoms in total. The Labute approximate surface area is 157 Å². The minimum atomic E-state index is -1.00. The summed E-state index contributed by atoms with van der Waals surface area (Å²) < 4.78 is 2.01. The van der Waals surface area contributed by atoms with Crippen LogP contribution in [-0.4, -0.2) is 51.3 Å². The van der Waals surface area contributed by atoms with Crippen LogP contribution in [0.25, 0.3) is 11.0 Å². The van der Waals surface area contributed by atoms with Crippen molar-refractivity contribution in [3.63, 3.8) is 0 Å². The second-order valence-corrected chi connectivity index (χ2v) is 6.63. The summed E-state index contributed by atoms with van der Waals surface area (Å²) in [5.74, 6) is 0.534. The predicted molar refractivity (Wildman–Crippen MR) is 105 cm³/mol. The molecule has 0 spiro atoms. The molecule has 0 aliphatic carbocycles. The SMILES string of the molecule is CN(C)Cc1ccc(Nc2ncc3ccn(CCCNC(=O)O)c3n2)cc1. The third kappa shape index (κ3) is 5.18. The zero-order valence-corrected chi connectivity index (χ0v) is 15.5. The summed E-state index contributed by atoms with van der Waals surface area (Å²) in [7, 11) is 4.09. The smallest absolute Gasteiger partial charge is 0.404 e. The Kier molecular flexibility index (Phi) is 5.87. The second kappa shape index (κ2) is 8.50. The first-order valence-electron chi connectivity index (χ1n) is 8.80. The van der Waals surface area contributed by atoms with Crippen LogP contribution in [0.5, 0.6) is 0 Å². The van der Waals surface area contributed by atoms with Crippen molar-refractivity contribution in [1.82, 2.24) is 24.8 Å². The third-order valence-electron chi connectivity index (χ3n) is 4.06. The number of carbonyl (C=O) groups is 1. The molecule has 0 fully saturated rings. The van der Waals surface area contributed by atoms with Gasteiger partial charge in [-0.2, -0.15) is 4.98 Å². The van der Waals surface area contributed by atoms with Gasteiger partial charge in [-0.3, -0.25) is 0 Å². The van der Waals surface area contributed by atoms with Crippen LogP contribution >= 0.6 is 0 Å². The van der Waals surface area contributed by atoms with Crippen LogP contribution in [0.3, 0.4) is 0 Å². The summed E-state index contributed by atoms with van der Waals surface area (Å²) in [5, 5.41) is 15.2. The molecule has 27 heavy (non-hydrogen) atoms. The monoisotopic (exact) mass is 368 g/mol. The molecule has 1 amide bonds. The van der Waals surface area contributed by atoms with E-state index >= 15 is 0 Å². The summed E-state index contributed by atoms with van der Waals surface area (Å²) in [6.45, 7) is 1.98. The lowest BCUT2D eigenvalue weighted by molar-refractivity contribution is 0.194. The zero-order valence-electron chi connectivity index (χ0n) is 15.5. The van der Waals surface area contributed by atoms with E-state index in [0.717, 1.165) is 23.3 Å². The van der Waals surface area contributed by atoms with Crippen LogP contribution in [0.15, 0.2) is 42.7 Å². The lowest BCUT2D eigenvalue weighted by Crippen LogP contribution is -2.22. The first-order chi connectivity index (χ1) is 13.0. The van der Waals surface area contributed by atoms with E-state index in [-0.39, 0.29) is 0 Å². The Bertz CT molecular complexity index is 904. The Morgan fingerprint density at radius 1 is 1.22 bits per heavy atom. The maximum atomic E-state index is 10.5. The number of fused-ring (bicyclic) bond motifs is 1. The Hall–Kier alpha value is -3.13. The maximum absolute atomic E-state index is 10.5. The molecule has 3 N–H and O–H groups in total. The molecule has 0 bridgehead atoms. The number of carboxylic acid groups (broad SMARTS) is 1. The predicted octanol–water partition coefficient (Wildman–Crippen LogP) is 2.89. The molecular weight excluding hydrogens is 344 g/mol. The van der Waals surface area contributed by atoms with Crippen LogP contribution in [0.1, 0.15) is 12.0 Å². The molecule has 142 valence electrons. The van der Waals surface area contributed by atoms with E-state index in [9.17, 15) is 4.79 Å². The molecule has 1 aromatic carbocycles. The third-order valence-corrected chi connectivity index (χ3v) is 4.06. The van der Waals surface area contributed by atoms with Gasteiger partial charge >= 0.3 is 6.09 Å². The van der Waals surface area contributed by atoms with E-state index in [1.54, 1.807) is 6.20 Å². The van der Waals surface area contributed by atoms with Gasteiger partial charge in [-0.05, 0) is 44.3 Å². The molecule has 2 heterocycles. The molecule has 0 aliphatic rings. The van der Waals surface area contributed by atoms with Crippen molar-refractivity contribution in [2.45, 2.75) is 19.5 Å². The number of hydrogen-bond donors (Lipinski definition) is 3. The van der Waals surface area contributed by atoms with Crippen LogP contribution in [0, 0.1) is 0 Å². The van der Waals surface area contributed by atoms with Gasteiger partial charge in [0.1, 0.15) is 5.65 Å². The maximum Gasteiger partial charge on any atom is 0.404 e. The molecule has 8 heteroatoms. The quantitative estimate of drug-likeness (QED) is 0.529. The van der Waals surface area contributed by atoms with Gasteiger partial charge in [0, 0.05) is 43.1 Å². The van der Waals surface area contributed by atoms with Crippen LogP contribution in [0.2, 0.25) is 0 Å². The van der Waals surface area contributed by atoms with Gasteiger partial charge in [-0.25, -0.2) is 9.78 Å². The van der Waals surface area contributed by atoms with E-state index in [2.05, 4.69) is 37.6 Å². The fourth-order valence-electron chi connectivity index (χ4n) is 2.84. The van der Waals surface area contributed by atoms with Crippen molar-refractivity contribution in [3.05, 3.63) is 48.3 Å². The Morgan fingerprint density at radius 2 is 2.00 bits per heavy atom. The number of nitrogens with zero attached hydrogens (tertiary/aromatic N) is 4. The fraction of sp³-hybridized carbons (Fsp3) is 0.316. The van der Waals surface area contributed by atoms with E-state index in [1.165, 1.54) is 5.56 Å². The number of aromatic nitrogens is 3. The molecular formula is C19H24N6O2. The fourth-order valence-corrected chi connectivity index (χ4v) is 2.84. The van der Waals surface area contributed by atoms with Crippen molar-refractivity contribution >= 4 is 28.8 Å². The lowest BCUT2D eigenvalue weighted by Gasteiger charge is -2.11. The van der Waals surface area contributed by atoms with Crippen molar-refractivity contribution < 1.29 is 9.90 Å². The summed E-state index contributed by atoms with van der Waals surface area (Å²) in [5.41, 5.74) is 3.00. The van der Waals surface area contributed by atoms with Crippen molar-refractivity contribution in [2.75, 3.05) is 26.0 Å². The summed E-state index contributed by atoms with van der Waals surface area (Å²) in [6.07, 6.45) is 3.42. The molecule has 3 aromatic rings. The van der Waals surface area contributed by atoms with Gasteiger partial charge in [-0.15, -0.1) is 0 Å². The molecule has 0 atom stereocenters. The average Bonchev–Trinajstić information content (AvgIpc) is 3.02. The lowest BCUT2D eigenvalue weighted by atomic mass is 10.2. The molecule has 0 aliphatic heterocycles. The number of aryl methyl sites for hydroxylation is 1. The minimum absolute atomic E-state index is 0.407. The Balaban J connectivity index is 1.68. The van der Waals surface area contributed by atoms with Gasteiger partial charge in [0.15, 0.2) is 0 Å². The average molecular weight is 368 g/mol. The topological polar surface area (TPSA) is 95.3 Å². The number of hydrogen-bond acceptors (Lipinski definition) is 5. The van der Waals surface area contributed by atoms with Gasteiger partial charge in [0.05, 0.1) is 0 Å². The molecule has 3 rings (SSSR count). The molecule has 0 unspecified atom stereocenters. The highest BCUT2D eigenvalue weighted by atomic mass is 16.4. The molecule has 0 radical (unpaired) electrons. The normalized spacial score (nSPS) is 11.1. The summed E-state index contributed by atoms with van der Waals surface area (Å²) >= 11 is 0. The zero-order chi connectivity index (χ0) is 19.2. The highest BCUT2D eigenvalue weighted by Crippen LogP contribution is 2.18. The molecule has 0 saturated carbocycles. The largest absolute Gasteiger partial charge is 0.465 e. The van der Waals surface area contributed by atoms with E-state index in [0.29, 0.717) is 25.5 Å². The van der Waals surface area contributed by atoms with E-state index in [4.69, 9.17) is 5.11 Å². The highest BCUT2D eigenvalue weighted by molar-refractivity contribution is 5.76. The van der Waals surface area contributed by atoms with Gasteiger partial charge in [0.2, 0.25) is 5.95 Å². The minimum Gasteiger partial charge on any atom is -0.465 e. The van der Waals surface area contributed by atoms with Crippen LogP contribution in [0.4, 0.5) is 16.4 Å². The molecule has 2 aromatic heterocycles. The van der Waals surface area contributed by atoms with Crippen LogP contribution < -0.4 is 10.6 Å². The number of anilines is 2. The van der Waals surface area contributed by atoms with E-state index < -0.39 is 6.09 Å². The number of amides is 1. The van der Waals surface area contributed by atoms with Crippen molar-refractivity contribution in [2.24, 2.45) is 0 Å². The first-order valence-corrected chi connectivity index (χ1v) is 8.80. The van der Waals surface area contributed by atoms with Crippen molar-refractivity contribution in [3.8, 4) is 0 Å². The summed E-state index contributed by atoms with van der Waals surface area (Å²) in [6, 6.07) is 10.2. The number of nitrogens with one attached hydrogen (secondary N) is 2. The van der Waals surface area contributed by atoms with Crippen LogP contribution in [-0.2, 0) is 13.1 Å². The highest BCUT2D eigenvalue weighted by Gasteiger charge is 2.06. The van der Waals surface area contributed by atoms with Gasteiger partial charge in [-0.1, -0.05) is 12.1 Å².